The van der Waals surface area contributed by atoms with Crippen molar-refractivity contribution in [3.05, 3.63) is 30.1 Å². The molecule has 0 fully saturated rings. The van der Waals surface area contributed by atoms with E-state index in [2.05, 4.69) is 31.0 Å². The molecule has 1 aromatic carbocycles. The molecular formula is C14H23FN2. The number of nitrogens with zero attached hydrogens (tertiary/aromatic N) is 1. The van der Waals surface area contributed by atoms with Crippen molar-refractivity contribution in [2.75, 3.05) is 31.6 Å². The van der Waals surface area contributed by atoms with E-state index >= 15 is 0 Å². The third kappa shape index (κ3) is 4.73. The average molecular weight is 238 g/mol. The van der Waals surface area contributed by atoms with Gasteiger partial charge in [0.2, 0.25) is 0 Å². The number of anilines is 1. The Morgan fingerprint density at radius 3 is 2.65 bits per heavy atom. The van der Waals surface area contributed by atoms with Crippen molar-refractivity contribution in [2.45, 2.75) is 20.8 Å². The maximum absolute atomic E-state index is 13.1. The number of hydrogen-bond acceptors (Lipinski definition) is 2. The number of benzene rings is 1. The van der Waals surface area contributed by atoms with Crippen LogP contribution in [0, 0.1) is 11.2 Å². The van der Waals surface area contributed by atoms with Crippen molar-refractivity contribution in [3.63, 3.8) is 0 Å². The molecule has 0 atom stereocenters. The van der Waals surface area contributed by atoms with Crippen molar-refractivity contribution in [1.82, 2.24) is 5.32 Å². The number of rotatable bonds is 6. The predicted molar refractivity (Wildman–Crippen MR) is 72.0 cm³/mol. The van der Waals surface area contributed by atoms with E-state index in [0.717, 1.165) is 25.3 Å². The fraction of sp³-hybridized carbons (Fsp3) is 0.571. The first-order valence-corrected chi connectivity index (χ1v) is 6.12. The van der Waals surface area contributed by atoms with E-state index in [1.54, 1.807) is 12.1 Å². The number of hydrogen-bond donors (Lipinski definition) is 1. The van der Waals surface area contributed by atoms with Gasteiger partial charge in [0.05, 0.1) is 0 Å². The fourth-order valence-corrected chi connectivity index (χ4v) is 1.97. The van der Waals surface area contributed by atoms with Gasteiger partial charge in [-0.05, 0) is 30.2 Å². The first-order chi connectivity index (χ1) is 7.94. The molecular weight excluding hydrogens is 215 g/mol. The molecule has 1 rings (SSSR count). The number of halogens is 1. The molecule has 1 aromatic rings. The Kier molecular flexibility index (Phi) is 4.94. The monoisotopic (exact) mass is 238 g/mol. The highest BCUT2D eigenvalue weighted by atomic mass is 19.1. The molecule has 0 aliphatic carbocycles. The lowest BCUT2D eigenvalue weighted by Gasteiger charge is -2.31. The quantitative estimate of drug-likeness (QED) is 0.819. The molecule has 0 unspecified atom stereocenters. The molecule has 0 spiro atoms. The van der Waals surface area contributed by atoms with E-state index in [1.807, 2.05) is 13.1 Å². The number of nitrogens with one attached hydrogen (secondary N) is 1. The fourth-order valence-electron chi connectivity index (χ4n) is 1.97. The minimum atomic E-state index is -0.182. The molecule has 17 heavy (non-hydrogen) atoms. The van der Waals surface area contributed by atoms with Crippen molar-refractivity contribution >= 4 is 5.69 Å². The summed E-state index contributed by atoms with van der Waals surface area (Å²) < 4.78 is 13.1. The molecule has 0 saturated carbocycles. The van der Waals surface area contributed by atoms with Crippen LogP contribution in [0.4, 0.5) is 10.1 Å². The highest BCUT2D eigenvalue weighted by Crippen LogP contribution is 2.20. The summed E-state index contributed by atoms with van der Waals surface area (Å²) in [6, 6.07) is 6.73. The molecule has 0 aromatic heterocycles. The van der Waals surface area contributed by atoms with Crippen LogP contribution in [-0.2, 0) is 0 Å². The minimum Gasteiger partial charge on any atom is -0.374 e. The lowest BCUT2D eigenvalue weighted by molar-refractivity contribution is 0.350. The van der Waals surface area contributed by atoms with E-state index in [0.29, 0.717) is 0 Å². The zero-order valence-corrected chi connectivity index (χ0v) is 11.3. The highest BCUT2D eigenvalue weighted by molar-refractivity contribution is 5.45. The second-order valence-electron chi connectivity index (χ2n) is 5.28. The van der Waals surface area contributed by atoms with Gasteiger partial charge in [0.25, 0.3) is 0 Å². The Labute approximate surface area is 104 Å². The van der Waals surface area contributed by atoms with E-state index in [4.69, 9.17) is 0 Å². The SMILES string of the molecule is CCNCC(C)(C)CN(C)c1cccc(F)c1. The first-order valence-electron chi connectivity index (χ1n) is 6.12. The Bertz CT molecular complexity index is 350. The third-order valence-corrected chi connectivity index (χ3v) is 2.77. The third-order valence-electron chi connectivity index (χ3n) is 2.77. The van der Waals surface area contributed by atoms with Crippen LogP contribution in [0.5, 0.6) is 0 Å². The summed E-state index contributed by atoms with van der Waals surface area (Å²) in [5.41, 5.74) is 1.09. The largest absolute Gasteiger partial charge is 0.374 e. The lowest BCUT2D eigenvalue weighted by atomic mass is 9.92. The molecule has 0 radical (unpaired) electrons. The summed E-state index contributed by atoms with van der Waals surface area (Å²) >= 11 is 0. The zero-order valence-electron chi connectivity index (χ0n) is 11.3. The summed E-state index contributed by atoms with van der Waals surface area (Å²) in [6.45, 7) is 9.36. The van der Waals surface area contributed by atoms with Crippen LogP contribution in [0.25, 0.3) is 0 Å². The second-order valence-corrected chi connectivity index (χ2v) is 5.28. The van der Waals surface area contributed by atoms with E-state index in [9.17, 15) is 4.39 Å². The first kappa shape index (κ1) is 14.0. The van der Waals surface area contributed by atoms with Gasteiger partial charge in [-0.15, -0.1) is 0 Å². The maximum Gasteiger partial charge on any atom is 0.125 e. The van der Waals surface area contributed by atoms with Gasteiger partial charge >= 0.3 is 0 Å². The van der Waals surface area contributed by atoms with Gasteiger partial charge < -0.3 is 10.2 Å². The zero-order chi connectivity index (χ0) is 12.9. The van der Waals surface area contributed by atoms with Crippen LogP contribution >= 0.6 is 0 Å². The minimum absolute atomic E-state index is 0.164. The van der Waals surface area contributed by atoms with Gasteiger partial charge in [0, 0.05) is 25.8 Å². The van der Waals surface area contributed by atoms with Crippen LogP contribution in [0.15, 0.2) is 24.3 Å². The Balaban J connectivity index is 2.62. The molecule has 0 aliphatic rings. The molecule has 2 nitrogen and oxygen atoms in total. The molecule has 0 saturated heterocycles. The Hall–Kier alpha value is -1.09. The van der Waals surface area contributed by atoms with Gasteiger partial charge in [-0.3, -0.25) is 0 Å². The normalized spacial score (nSPS) is 11.6. The summed E-state index contributed by atoms with van der Waals surface area (Å²) in [5, 5.41) is 3.36. The topological polar surface area (TPSA) is 15.3 Å². The van der Waals surface area contributed by atoms with Crippen LogP contribution in [0.3, 0.4) is 0 Å². The van der Waals surface area contributed by atoms with Crippen LogP contribution in [0.2, 0.25) is 0 Å². The smallest absolute Gasteiger partial charge is 0.125 e. The van der Waals surface area contributed by atoms with Gasteiger partial charge in [-0.1, -0.05) is 26.8 Å². The Morgan fingerprint density at radius 1 is 1.35 bits per heavy atom. The molecule has 0 heterocycles. The van der Waals surface area contributed by atoms with Crippen LogP contribution in [-0.4, -0.2) is 26.7 Å². The van der Waals surface area contributed by atoms with Crippen LogP contribution < -0.4 is 10.2 Å². The highest BCUT2D eigenvalue weighted by Gasteiger charge is 2.19. The summed E-state index contributed by atoms with van der Waals surface area (Å²) in [6.07, 6.45) is 0. The van der Waals surface area contributed by atoms with Crippen molar-refractivity contribution in [2.24, 2.45) is 5.41 Å². The van der Waals surface area contributed by atoms with Gasteiger partial charge in [-0.2, -0.15) is 0 Å². The molecule has 0 amide bonds. The summed E-state index contributed by atoms with van der Waals surface area (Å²) in [4.78, 5) is 2.10. The van der Waals surface area contributed by atoms with E-state index in [-0.39, 0.29) is 11.2 Å². The lowest BCUT2D eigenvalue weighted by Crippen LogP contribution is -2.39. The van der Waals surface area contributed by atoms with Crippen molar-refractivity contribution in [3.8, 4) is 0 Å². The molecule has 3 heteroatoms. The molecule has 96 valence electrons. The summed E-state index contributed by atoms with van der Waals surface area (Å²) in [7, 11) is 2.00. The van der Waals surface area contributed by atoms with Gasteiger partial charge in [-0.25, -0.2) is 4.39 Å². The predicted octanol–water partition coefficient (Wildman–Crippen LogP) is 2.90. The standard InChI is InChI=1S/C14H23FN2/c1-5-16-10-14(2,3)11-17(4)13-8-6-7-12(15)9-13/h6-9,16H,5,10-11H2,1-4H3. The van der Waals surface area contributed by atoms with E-state index in [1.165, 1.54) is 6.07 Å². The summed E-state index contributed by atoms with van der Waals surface area (Å²) in [5.74, 6) is -0.182. The molecule has 0 bridgehead atoms. The van der Waals surface area contributed by atoms with Gasteiger partial charge in [0.15, 0.2) is 0 Å². The average Bonchev–Trinajstić information content (AvgIpc) is 2.26. The maximum atomic E-state index is 13.1. The van der Waals surface area contributed by atoms with E-state index < -0.39 is 0 Å². The van der Waals surface area contributed by atoms with Crippen LogP contribution in [0.1, 0.15) is 20.8 Å². The molecule has 0 aliphatic heterocycles. The van der Waals surface area contributed by atoms with Gasteiger partial charge in [0.1, 0.15) is 5.82 Å². The Morgan fingerprint density at radius 2 is 2.06 bits per heavy atom. The second kappa shape index (κ2) is 6.01. The van der Waals surface area contributed by atoms with Crippen molar-refractivity contribution in [1.29, 1.82) is 0 Å². The van der Waals surface area contributed by atoms with Crippen molar-refractivity contribution < 1.29 is 4.39 Å². The molecule has 1 N–H and O–H groups in total.